The second kappa shape index (κ2) is 1.71. The zero-order chi connectivity index (χ0) is 5.98. The summed E-state index contributed by atoms with van der Waals surface area (Å²) in [5, 5.41) is 8.19. The summed E-state index contributed by atoms with van der Waals surface area (Å²) in [5.74, 6) is 0.581. The number of hydrogen-bond donors (Lipinski definition) is 4. The van der Waals surface area contributed by atoms with Crippen LogP contribution < -0.4 is 11.2 Å². The molecule has 0 saturated carbocycles. The minimum absolute atomic E-state index is 0.255. The molecule has 1 aromatic rings. The van der Waals surface area contributed by atoms with Gasteiger partial charge in [-0.3, -0.25) is 5.21 Å². The van der Waals surface area contributed by atoms with Crippen molar-refractivity contribution in [3.63, 3.8) is 0 Å². The van der Waals surface area contributed by atoms with Crippen LogP contribution in [0.25, 0.3) is 0 Å². The van der Waals surface area contributed by atoms with Crippen LogP contribution >= 0.6 is 0 Å². The summed E-state index contributed by atoms with van der Waals surface area (Å²) in [7, 11) is 0. The molecule has 0 radical (unpaired) electrons. The third-order valence-corrected chi connectivity index (χ3v) is 0.775. The Morgan fingerprint density at radius 3 is 2.88 bits per heavy atom. The highest BCUT2D eigenvalue weighted by Gasteiger charge is 1.95. The Morgan fingerprint density at radius 1 is 1.88 bits per heavy atom. The first-order valence-corrected chi connectivity index (χ1v) is 2.03. The van der Waals surface area contributed by atoms with E-state index in [1.54, 1.807) is 0 Å². The van der Waals surface area contributed by atoms with Gasteiger partial charge in [0.25, 0.3) is 0 Å². The molecule has 8 heavy (non-hydrogen) atoms. The number of aromatic amines is 1. The second-order valence-corrected chi connectivity index (χ2v) is 1.28. The number of nitrogens with one attached hydrogen (secondary N) is 2. The van der Waals surface area contributed by atoms with E-state index in [1.165, 1.54) is 6.33 Å². The summed E-state index contributed by atoms with van der Waals surface area (Å²) < 4.78 is 0. The van der Waals surface area contributed by atoms with Gasteiger partial charge in [-0.25, -0.2) is 10.5 Å². The molecule has 0 aromatic carbocycles. The van der Waals surface area contributed by atoms with Gasteiger partial charge >= 0.3 is 0 Å². The molecule has 5 nitrogen and oxygen atoms in total. The van der Waals surface area contributed by atoms with Crippen molar-refractivity contribution >= 4 is 11.6 Å². The lowest BCUT2D eigenvalue weighted by Crippen LogP contribution is -1.94. The van der Waals surface area contributed by atoms with Crippen LogP contribution in [0.5, 0.6) is 0 Å². The first-order valence-electron chi connectivity index (χ1n) is 2.03. The van der Waals surface area contributed by atoms with E-state index in [-0.39, 0.29) is 5.82 Å². The molecular weight excluding hydrogens is 108 g/mol. The predicted octanol–water partition coefficient (Wildman–Crippen LogP) is -0.207. The average molecular weight is 114 g/mol. The van der Waals surface area contributed by atoms with Gasteiger partial charge in [0, 0.05) is 0 Å². The molecule has 1 aromatic heterocycles. The minimum Gasteiger partial charge on any atom is -0.382 e. The Hall–Kier alpha value is -1.23. The van der Waals surface area contributed by atoms with Crippen molar-refractivity contribution < 1.29 is 5.21 Å². The van der Waals surface area contributed by atoms with Gasteiger partial charge in [0.05, 0.1) is 6.33 Å². The molecule has 44 valence electrons. The van der Waals surface area contributed by atoms with Crippen molar-refractivity contribution in [2.75, 3.05) is 11.2 Å². The van der Waals surface area contributed by atoms with E-state index >= 15 is 0 Å². The fourth-order valence-electron chi connectivity index (χ4n) is 0.393. The Labute approximate surface area is 45.5 Å². The van der Waals surface area contributed by atoms with Gasteiger partial charge in [-0.05, 0) is 0 Å². The highest BCUT2D eigenvalue weighted by Crippen LogP contribution is 2.07. The van der Waals surface area contributed by atoms with Crippen LogP contribution in [0, 0.1) is 0 Å². The van der Waals surface area contributed by atoms with Crippen LogP contribution in [-0.4, -0.2) is 15.2 Å². The zero-order valence-electron chi connectivity index (χ0n) is 4.05. The first kappa shape index (κ1) is 4.92. The van der Waals surface area contributed by atoms with E-state index in [4.69, 9.17) is 10.9 Å². The lowest BCUT2D eigenvalue weighted by atomic mass is 10.7. The third kappa shape index (κ3) is 0.584. The molecule has 0 spiro atoms. The molecule has 0 atom stereocenters. The van der Waals surface area contributed by atoms with Crippen molar-refractivity contribution in [1.29, 1.82) is 0 Å². The number of H-pyrrole nitrogens is 1. The molecule has 5 N–H and O–H groups in total. The predicted molar refractivity (Wildman–Crippen MR) is 28.4 cm³/mol. The number of anilines is 2. The van der Waals surface area contributed by atoms with Crippen LogP contribution in [0.15, 0.2) is 6.33 Å². The SMILES string of the molecule is Nc1[nH]cnc1NO. The number of aromatic nitrogens is 2. The summed E-state index contributed by atoms with van der Waals surface area (Å²) >= 11 is 0. The zero-order valence-corrected chi connectivity index (χ0v) is 4.05. The second-order valence-electron chi connectivity index (χ2n) is 1.28. The van der Waals surface area contributed by atoms with Gasteiger partial charge in [-0.15, -0.1) is 0 Å². The maximum absolute atomic E-state index is 8.19. The van der Waals surface area contributed by atoms with Crippen molar-refractivity contribution in [3.8, 4) is 0 Å². The van der Waals surface area contributed by atoms with Gasteiger partial charge < -0.3 is 10.7 Å². The fraction of sp³-hybridized carbons (Fsp3) is 0. The number of nitrogens with zero attached hydrogens (tertiary/aromatic N) is 1. The van der Waals surface area contributed by atoms with Crippen molar-refractivity contribution in [2.24, 2.45) is 0 Å². The number of nitrogens with two attached hydrogens (primary N) is 1. The Bertz CT molecular complexity index is 172. The Balaban J connectivity index is 2.92. The Morgan fingerprint density at radius 2 is 2.62 bits per heavy atom. The van der Waals surface area contributed by atoms with Crippen LogP contribution in [0.3, 0.4) is 0 Å². The highest BCUT2D eigenvalue weighted by atomic mass is 16.5. The van der Waals surface area contributed by atoms with E-state index in [0.29, 0.717) is 5.82 Å². The molecular formula is C3H6N4O. The van der Waals surface area contributed by atoms with Crippen LogP contribution in [0.2, 0.25) is 0 Å². The largest absolute Gasteiger partial charge is 0.382 e. The summed E-state index contributed by atoms with van der Waals surface area (Å²) in [6.45, 7) is 0. The number of nitrogen functional groups attached to an aromatic ring is 1. The van der Waals surface area contributed by atoms with Gasteiger partial charge in [0.1, 0.15) is 5.82 Å². The third-order valence-electron chi connectivity index (χ3n) is 0.775. The Kier molecular flexibility index (Phi) is 1.05. The molecule has 0 bridgehead atoms. The lowest BCUT2D eigenvalue weighted by Gasteiger charge is -1.89. The maximum Gasteiger partial charge on any atom is 0.192 e. The van der Waals surface area contributed by atoms with Crippen LogP contribution in [0.1, 0.15) is 0 Å². The minimum atomic E-state index is 0.255. The van der Waals surface area contributed by atoms with Crippen molar-refractivity contribution in [2.45, 2.75) is 0 Å². The number of imidazole rings is 1. The van der Waals surface area contributed by atoms with E-state index < -0.39 is 0 Å². The smallest absolute Gasteiger partial charge is 0.192 e. The molecule has 0 saturated heterocycles. The van der Waals surface area contributed by atoms with E-state index in [9.17, 15) is 0 Å². The van der Waals surface area contributed by atoms with Crippen molar-refractivity contribution in [1.82, 2.24) is 9.97 Å². The van der Waals surface area contributed by atoms with Crippen LogP contribution in [0.4, 0.5) is 11.6 Å². The molecule has 0 unspecified atom stereocenters. The van der Waals surface area contributed by atoms with Gasteiger partial charge in [-0.2, -0.15) is 0 Å². The highest BCUT2D eigenvalue weighted by molar-refractivity contribution is 5.53. The lowest BCUT2D eigenvalue weighted by molar-refractivity contribution is 0.387. The summed E-state index contributed by atoms with van der Waals surface area (Å²) in [5.41, 5.74) is 7.02. The molecule has 1 rings (SSSR count). The monoisotopic (exact) mass is 114 g/mol. The number of rotatable bonds is 1. The molecule has 0 fully saturated rings. The normalized spacial score (nSPS) is 9.12. The molecule has 1 heterocycles. The van der Waals surface area contributed by atoms with Crippen molar-refractivity contribution in [3.05, 3.63) is 6.33 Å². The standard InChI is InChI=1S/C3H6N4O/c4-2-3(7-8)6-1-5-2/h1,7-8H,4H2,(H,5,6). The fourth-order valence-corrected chi connectivity index (χ4v) is 0.393. The van der Waals surface area contributed by atoms with Gasteiger partial charge in [0.2, 0.25) is 0 Å². The summed E-state index contributed by atoms with van der Waals surface area (Å²) in [4.78, 5) is 6.16. The first-order chi connectivity index (χ1) is 3.84. The van der Waals surface area contributed by atoms with E-state index in [1.807, 2.05) is 5.48 Å². The summed E-state index contributed by atoms with van der Waals surface area (Å²) in [6, 6.07) is 0. The summed E-state index contributed by atoms with van der Waals surface area (Å²) in [6.07, 6.45) is 1.38. The van der Waals surface area contributed by atoms with Crippen LogP contribution in [-0.2, 0) is 0 Å². The molecule has 0 aliphatic heterocycles. The molecule has 0 aliphatic rings. The molecule has 5 heteroatoms. The quantitative estimate of drug-likeness (QED) is 0.380. The number of hydrogen-bond acceptors (Lipinski definition) is 4. The van der Waals surface area contributed by atoms with E-state index in [2.05, 4.69) is 9.97 Å². The average Bonchev–Trinajstić information content (AvgIpc) is 2.14. The molecule has 0 aliphatic carbocycles. The van der Waals surface area contributed by atoms with E-state index in [0.717, 1.165) is 0 Å². The maximum atomic E-state index is 8.19. The molecule has 0 amide bonds. The van der Waals surface area contributed by atoms with Gasteiger partial charge in [-0.1, -0.05) is 0 Å². The van der Waals surface area contributed by atoms with Gasteiger partial charge in [0.15, 0.2) is 5.82 Å². The topological polar surface area (TPSA) is 87.0 Å².